The van der Waals surface area contributed by atoms with Gasteiger partial charge in [0.15, 0.2) is 0 Å². The molecule has 6 heteroatoms. The molecule has 0 fully saturated rings. The van der Waals surface area contributed by atoms with E-state index in [0.717, 1.165) is 12.1 Å². The maximum absolute atomic E-state index is 12.8. The molecular formula is C15H15FO4S. The molecule has 0 amide bonds. The Morgan fingerprint density at radius 2 is 1.62 bits per heavy atom. The van der Waals surface area contributed by atoms with E-state index in [-0.39, 0.29) is 10.6 Å². The van der Waals surface area contributed by atoms with Gasteiger partial charge in [-0.3, -0.25) is 0 Å². The Hall–Kier alpha value is -2.08. The molecule has 0 unspecified atom stereocenters. The van der Waals surface area contributed by atoms with Crippen LogP contribution < -0.4 is 8.92 Å². The van der Waals surface area contributed by atoms with Crippen LogP contribution in [0.25, 0.3) is 0 Å². The van der Waals surface area contributed by atoms with E-state index in [1.54, 1.807) is 19.9 Å². The number of aryl methyl sites for hydroxylation is 2. The summed E-state index contributed by atoms with van der Waals surface area (Å²) in [6.07, 6.45) is 0. The van der Waals surface area contributed by atoms with Crippen LogP contribution in [0.5, 0.6) is 11.5 Å². The molecule has 4 nitrogen and oxygen atoms in total. The second kappa shape index (κ2) is 5.73. The first-order chi connectivity index (χ1) is 9.83. The first-order valence-electron chi connectivity index (χ1n) is 6.19. The van der Waals surface area contributed by atoms with E-state index in [4.69, 9.17) is 8.92 Å². The summed E-state index contributed by atoms with van der Waals surface area (Å²) >= 11 is 0. The number of methoxy groups -OCH3 is 1. The lowest BCUT2D eigenvalue weighted by Crippen LogP contribution is -2.12. The first-order valence-corrected chi connectivity index (χ1v) is 7.59. The fourth-order valence-electron chi connectivity index (χ4n) is 1.91. The summed E-state index contributed by atoms with van der Waals surface area (Å²) in [6, 6.07) is 7.93. The smallest absolute Gasteiger partial charge is 0.339 e. The van der Waals surface area contributed by atoms with Gasteiger partial charge in [0.05, 0.1) is 7.11 Å². The van der Waals surface area contributed by atoms with E-state index < -0.39 is 15.9 Å². The predicted molar refractivity (Wildman–Crippen MR) is 76.7 cm³/mol. The third-order valence-electron chi connectivity index (χ3n) is 2.98. The van der Waals surface area contributed by atoms with E-state index in [2.05, 4.69) is 0 Å². The fourth-order valence-corrected chi connectivity index (χ4v) is 3.14. The lowest BCUT2D eigenvalue weighted by atomic mass is 10.1. The van der Waals surface area contributed by atoms with Gasteiger partial charge in [0, 0.05) is 0 Å². The molecule has 0 saturated carbocycles. The summed E-state index contributed by atoms with van der Waals surface area (Å²) in [5.74, 6) is 0.203. The molecule has 0 heterocycles. The summed E-state index contributed by atoms with van der Waals surface area (Å²) in [4.78, 5) is 0.0603. The maximum Gasteiger partial charge on any atom is 0.339 e. The highest BCUT2D eigenvalue weighted by Crippen LogP contribution is 2.27. The zero-order valence-corrected chi connectivity index (χ0v) is 12.7. The van der Waals surface area contributed by atoms with Gasteiger partial charge < -0.3 is 8.92 Å². The summed E-state index contributed by atoms with van der Waals surface area (Å²) in [6.45, 7) is 3.40. The fraction of sp³-hybridized carbons (Fsp3) is 0.200. The Bertz CT molecular complexity index is 752. The molecule has 0 spiro atoms. The molecule has 0 aliphatic heterocycles. The molecule has 0 aromatic heterocycles. The third-order valence-corrected chi connectivity index (χ3v) is 4.37. The van der Waals surface area contributed by atoms with Gasteiger partial charge in [-0.05, 0) is 61.4 Å². The number of benzene rings is 2. The first kappa shape index (κ1) is 15.3. The summed E-state index contributed by atoms with van der Waals surface area (Å²) < 4.78 is 47.6. The van der Waals surface area contributed by atoms with Gasteiger partial charge in [-0.25, -0.2) is 4.39 Å². The second-order valence-electron chi connectivity index (χ2n) is 4.58. The monoisotopic (exact) mass is 310 g/mol. The van der Waals surface area contributed by atoms with Crippen LogP contribution in [0.4, 0.5) is 4.39 Å². The lowest BCUT2D eigenvalue weighted by Gasteiger charge is -2.12. The van der Waals surface area contributed by atoms with E-state index in [1.807, 2.05) is 0 Å². The summed E-state index contributed by atoms with van der Waals surface area (Å²) in [5, 5.41) is 0. The quantitative estimate of drug-likeness (QED) is 0.814. The van der Waals surface area contributed by atoms with Gasteiger partial charge >= 0.3 is 10.1 Å². The van der Waals surface area contributed by atoms with Crippen molar-refractivity contribution in [1.82, 2.24) is 0 Å². The third kappa shape index (κ3) is 3.33. The topological polar surface area (TPSA) is 52.6 Å². The lowest BCUT2D eigenvalue weighted by molar-refractivity contribution is 0.410. The van der Waals surface area contributed by atoms with Crippen LogP contribution in [0.1, 0.15) is 11.1 Å². The Morgan fingerprint density at radius 1 is 1.00 bits per heavy atom. The Kier molecular flexibility index (Phi) is 4.18. The van der Waals surface area contributed by atoms with Gasteiger partial charge in [-0.1, -0.05) is 0 Å². The minimum absolute atomic E-state index is 0.0595. The van der Waals surface area contributed by atoms with Crippen molar-refractivity contribution in [1.29, 1.82) is 0 Å². The van der Waals surface area contributed by atoms with Crippen LogP contribution in [-0.4, -0.2) is 15.5 Å². The number of hydrogen-bond acceptors (Lipinski definition) is 4. The van der Waals surface area contributed by atoms with Crippen molar-refractivity contribution in [3.05, 3.63) is 53.3 Å². The second-order valence-corrected chi connectivity index (χ2v) is 6.09. The highest BCUT2D eigenvalue weighted by molar-refractivity contribution is 7.87. The minimum Gasteiger partial charge on any atom is -0.496 e. The number of ether oxygens (including phenoxy) is 1. The molecule has 0 atom stereocenters. The zero-order chi connectivity index (χ0) is 15.6. The highest BCUT2D eigenvalue weighted by atomic mass is 32.2. The predicted octanol–water partition coefficient (Wildman–Crippen LogP) is 3.22. The number of halogens is 1. The summed E-state index contributed by atoms with van der Waals surface area (Å²) in [5.41, 5.74) is 1.20. The molecule has 2 rings (SSSR count). The minimum atomic E-state index is -3.98. The molecule has 21 heavy (non-hydrogen) atoms. The van der Waals surface area contributed by atoms with Crippen LogP contribution in [-0.2, 0) is 10.1 Å². The molecule has 0 saturated heterocycles. The van der Waals surface area contributed by atoms with Crippen molar-refractivity contribution in [2.75, 3.05) is 7.11 Å². The molecule has 0 aliphatic rings. The van der Waals surface area contributed by atoms with E-state index >= 15 is 0 Å². The van der Waals surface area contributed by atoms with Crippen LogP contribution >= 0.6 is 0 Å². The van der Waals surface area contributed by atoms with Crippen LogP contribution in [0.3, 0.4) is 0 Å². The molecular weight excluding hydrogens is 295 g/mol. The van der Waals surface area contributed by atoms with Gasteiger partial charge in [0.1, 0.15) is 22.2 Å². The standard InChI is InChI=1S/C15H15FO4S/c1-10-9-15(11(2)8-14(10)19-3)21(17,18)20-13-6-4-12(16)5-7-13/h4-9H,1-3H3. The van der Waals surface area contributed by atoms with Crippen molar-refractivity contribution in [2.24, 2.45) is 0 Å². The molecule has 112 valence electrons. The van der Waals surface area contributed by atoms with Crippen molar-refractivity contribution in [3.8, 4) is 11.5 Å². The SMILES string of the molecule is COc1cc(C)c(S(=O)(=O)Oc2ccc(F)cc2)cc1C. The van der Waals surface area contributed by atoms with Crippen LogP contribution in [0, 0.1) is 19.7 Å². The average molecular weight is 310 g/mol. The van der Waals surface area contributed by atoms with Crippen LogP contribution in [0.2, 0.25) is 0 Å². The Labute approximate surface area is 123 Å². The number of hydrogen-bond donors (Lipinski definition) is 0. The van der Waals surface area contributed by atoms with Crippen molar-refractivity contribution >= 4 is 10.1 Å². The zero-order valence-electron chi connectivity index (χ0n) is 11.9. The molecule has 0 aliphatic carbocycles. The maximum atomic E-state index is 12.8. The molecule has 2 aromatic rings. The van der Waals surface area contributed by atoms with Crippen LogP contribution in [0.15, 0.2) is 41.3 Å². The normalized spacial score (nSPS) is 11.2. The van der Waals surface area contributed by atoms with Gasteiger partial charge in [0.2, 0.25) is 0 Å². The Morgan fingerprint density at radius 3 is 2.19 bits per heavy atom. The van der Waals surface area contributed by atoms with Crippen molar-refractivity contribution < 1.29 is 21.7 Å². The van der Waals surface area contributed by atoms with Crippen molar-refractivity contribution in [3.63, 3.8) is 0 Å². The van der Waals surface area contributed by atoms with Gasteiger partial charge in [-0.15, -0.1) is 0 Å². The van der Waals surface area contributed by atoms with Crippen molar-refractivity contribution in [2.45, 2.75) is 18.7 Å². The molecule has 2 aromatic carbocycles. The molecule has 0 radical (unpaired) electrons. The van der Waals surface area contributed by atoms with Gasteiger partial charge in [0.25, 0.3) is 0 Å². The molecule has 0 N–H and O–H groups in total. The summed E-state index contributed by atoms with van der Waals surface area (Å²) in [7, 11) is -2.46. The Balaban J connectivity index is 2.40. The van der Waals surface area contributed by atoms with E-state index in [1.165, 1.54) is 25.3 Å². The highest BCUT2D eigenvalue weighted by Gasteiger charge is 2.21. The largest absolute Gasteiger partial charge is 0.496 e. The van der Waals surface area contributed by atoms with E-state index in [9.17, 15) is 12.8 Å². The number of rotatable bonds is 4. The molecule has 0 bridgehead atoms. The van der Waals surface area contributed by atoms with Gasteiger partial charge in [-0.2, -0.15) is 8.42 Å². The average Bonchev–Trinajstić information content (AvgIpc) is 2.43. The van der Waals surface area contributed by atoms with E-state index in [0.29, 0.717) is 16.9 Å².